The number of carbonyl (C=O) groups excluding carboxylic acids is 2. The average Bonchev–Trinajstić information content (AvgIpc) is 2.99. The van der Waals surface area contributed by atoms with E-state index in [-0.39, 0.29) is 30.1 Å². The Morgan fingerprint density at radius 1 is 1.33 bits per heavy atom. The van der Waals surface area contributed by atoms with Crippen LogP contribution in [-0.2, 0) is 9.53 Å². The van der Waals surface area contributed by atoms with Gasteiger partial charge in [-0.25, -0.2) is 0 Å². The topological polar surface area (TPSA) is 93.5 Å². The summed E-state index contributed by atoms with van der Waals surface area (Å²) in [5, 5.41) is 5.49. The lowest BCUT2D eigenvalue weighted by Crippen LogP contribution is -2.30. The summed E-state index contributed by atoms with van der Waals surface area (Å²) in [6.07, 6.45) is 0.716. The minimum Gasteiger partial charge on any atom is -0.381 e. The zero-order valence-electron chi connectivity index (χ0n) is 11.6. The van der Waals surface area contributed by atoms with Crippen LogP contribution in [0.25, 0.3) is 0 Å². The SMILES string of the molecule is Cl.NCCNC(=O)c1ccccc1NC(=O)C1CCOC1. The Kier molecular flexibility index (Phi) is 7.14. The van der Waals surface area contributed by atoms with E-state index >= 15 is 0 Å². The molecule has 2 rings (SSSR count). The number of anilines is 1. The van der Waals surface area contributed by atoms with Gasteiger partial charge in [0.2, 0.25) is 5.91 Å². The standard InChI is InChI=1S/C14H19N3O3.ClH/c15-6-7-16-14(19)11-3-1-2-4-12(11)17-13(18)10-5-8-20-9-10;/h1-4,10H,5-9,15H2,(H,16,19)(H,17,18);1H. The van der Waals surface area contributed by atoms with Crippen LogP contribution in [0.2, 0.25) is 0 Å². The molecule has 0 spiro atoms. The summed E-state index contributed by atoms with van der Waals surface area (Å²) in [7, 11) is 0. The number of ether oxygens (including phenoxy) is 1. The van der Waals surface area contributed by atoms with Crippen LogP contribution < -0.4 is 16.4 Å². The Balaban J connectivity index is 0.00000220. The highest BCUT2D eigenvalue weighted by molar-refractivity contribution is 6.04. The Bertz CT molecular complexity index is 490. The minimum absolute atomic E-state index is 0. The second-order valence-corrected chi connectivity index (χ2v) is 4.64. The van der Waals surface area contributed by atoms with Crippen molar-refractivity contribution in [3.05, 3.63) is 29.8 Å². The third-order valence-electron chi connectivity index (χ3n) is 3.16. The largest absolute Gasteiger partial charge is 0.381 e. The maximum absolute atomic E-state index is 12.1. The first-order valence-electron chi connectivity index (χ1n) is 6.68. The molecule has 116 valence electrons. The van der Waals surface area contributed by atoms with E-state index in [0.29, 0.717) is 44.0 Å². The lowest BCUT2D eigenvalue weighted by molar-refractivity contribution is -0.119. The summed E-state index contributed by atoms with van der Waals surface area (Å²) in [5.41, 5.74) is 6.31. The van der Waals surface area contributed by atoms with Crippen molar-refractivity contribution >= 4 is 29.9 Å². The number of rotatable bonds is 5. The molecule has 1 aliphatic heterocycles. The van der Waals surface area contributed by atoms with Gasteiger partial charge in [0.25, 0.3) is 5.91 Å². The van der Waals surface area contributed by atoms with Crippen molar-refractivity contribution < 1.29 is 14.3 Å². The number of carbonyl (C=O) groups is 2. The number of hydrogen-bond donors (Lipinski definition) is 3. The van der Waals surface area contributed by atoms with Gasteiger partial charge in [-0.1, -0.05) is 12.1 Å². The molecule has 1 heterocycles. The van der Waals surface area contributed by atoms with Crippen LogP contribution in [0.15, 0.2) is 24.3 Å². The molecule has 6 nitrogen and oxygen atoms in total. The van der Waals surface area contributed by atoms with Gasteiger partial charge in [0, 0.05) is 19.7 Å². The zero-order valence-corrected chi connectivity index (χ0v) is 12.4. The molecule has 0 saturated carbocycles. The Morgan fingerprint density at radius 3 is 2.76 bits per heavy atom. The van der Waals surface area contributed by atoms with Crippen molar-refractivity contribution in [1.82, 2.24) is 5.32 Å². The van der Waals surface area contributed by atoms with Gasteiger partial charge in [-0.15, -0.1) is 12.4 Å². The number of amides is 2. The molecule has 1 aromatic rings. The van der Waals surface area contributed by atoms with Gasteiger partial charge in [-0.05, 0) is 18.6 Å². The molecule has 2 amide bonds. The Morgan fingerprint density at radius 2 is 2.10 bits per heavy atom. The van der Waals surface area contributed by atoms with Crippen LogP contribution in [0.5, 0.6) is 0 Å². The fourth-order valence-corrected chi connectivity index (χ4v) is 2.05. The van der Waals surface area contributed by atoms with Crippen molar-refractivity contribution in [1.29, 1.82) is 0 Å². The van der Waals surface area contributed by atoms with E-state index in [1.807, 2.05) is 0 Å². The predicted octanol–water partition coefficient (Wildman–Crippen LogP) is 0.772. The van der Waals surface area contributed by atoms with Crippen molar-refractivity contribution in [2.75, 3.05) is 31.6 Å². The van der Waals surface area contributed by atoms with Gasteiger partial charge >= 0.3 is 0 Å². The molecule has 1 fully saturated rings. The molecule has 0 aliphatic carbocycles. The fraction of sp³-hybridized carbons (Fsp3) is 0.429. The number of benzene rings is 1. The van der Waals surface area contributed by atoms with Gasteiger partial charge in [0.05, 0.1) is 23.8 Å². The second kappa shape index (κ2) is 8.61. The van der Waals surface area contributed by atoms with E-state index in [1.54, 1.807) is 24.3 Å². The molecule has 1 unspecified atom stereocenters. The number of halogens is 1. The van der Waals surface area contributed by atoms with E-state index in [0.717, 1.165) is 0 Å². The van der Waals surface area contributed by atoms with Gasteiger partial charge < -0.3 is 21.1 Å². The maximum atomic E-state index is 12.1. The summed E-state index contributed by atoms with van der Waals surface area (Å²) in [6.45, 7) is 1.82. The Labute approximate surface area is 129 Å². The van der Waals surface area contributed by atoms with Crippen molar-refractivity contribution in [3.63, 3.8) is 0 Å². The lowest BCUT2D eigenvalue weighted by atomic mass is 10.1. The van der Waals surface area contributed by atoms with Crippen molar-refractivity contribution in [3.8, 4) is 0 Å². The zero-order chi connectivity index (χ0) is 14.4. The summed E-state index contributed by atoms with van der Waals surface area (Å²) in [4.78, 5) is 24.0. The first-order valence-corrected chi connectivity index (χ1v) is 6.68. The highest BCUT2D eigenvalue weighted by Crippen LogP contribution is 2.19. The molecule has 0 radical (unpaired) electrons. The van der Waals surface area contributed by atoms with Gasteiger partial charge in [-0.2, -0.15) is 0 Å². The van der Waals surface area contributed by atoms with E-state index in [2.05, 4.69) is 10.6 Å². The third kappa shape index (κ3) is 4.70. The van der Waals surface area contributed by atoms with Crippen LogP contribution >= 0.6 is 12.4 Å². The number of hydrogen-bond acceptors (Lipinski definition) is 4. The van der Waals surface area contributed by atoms with E-state index in [1.165, 1.54) is 0 Å². The summed E-state index contributed by atoms with van der Waals surface area (Å²) < 4.78 is 5.19. The summed E-state index contributed by atoms with van der Waals surface area (Å²) >= 11 is 0. The summed E-state index contributed by atoms with van der Waals surface area (Å²) in [5.74, 6) is -0.495. The number of para-hydroxylation sites is 1. The summed E-state index contributed by atoms with van der Waals surface area (Å²) in [6, 6.07) is 6.92. The molecule has 1 aliphatic rings. The molecule has 1 aromatic carbocycles. The molecule has 4 N–H and O–H groups in total. The van der Waals surface area contributed by atoms with Crippen LogP contribution in [0.1, 0.15) is 16.8 Å². The molecule has 21 heavy (non-hydrogen) atoms. The smallest absolute Gasteiger partial charge is 0.253 e. The van der Waals surface area contributed by atoms with Gasteiger partial charge in [0.15, 0.2) is 0 Å². The number of nitrogens with two attached hydrogens (primary N) is 1. The molecule has 7 heteroatoms. The van der Waals surface area contributed by atoms with E-state index < -0.39 is 0 Å². The molecule has 1 atom stereocenters. The molecular weight excluding hydrogens is 294 g/mol. The van der Waals surface area contributed by atoms with Crippen molar-refractivity contribution in [2.24, 2.45) is 11.7 Å². The minimum atomic E-state index is -0.242. The third-order valence-corrected chi connectivity index (χ3v) is 3.16. The van der Waals surface area contributed by atoms with Crippen LogP contribution in [0.3, 0.4) is 0 Å². The Hall–Kier alpha value is -1.63. The maximum Gasteiger partial charge on any atom is 0.253 e. The molecule has 1 saturated heterocycles. The van der Waals surface area contributed by atoms with Crippen LogP contribution in [0.4, 0.5) is 5.69 Å². The van der Waals surface area contributed by atoms with Crippen molar-refractivity contribution in [2.45, 2.75) is 6.42 Å². The molecular formula is C14H20ClN3O3. The monoisotopic (exact) mass is 313 g/mol. The average molecular weight is 314 g/mol. The molecule has 0 aromatic heterocycles. The number of nitrogens with one attached hydrogen (secondary N) is 2. The highest BCUT2D eigenvalue weighted by Gasteiger charge is 2.24. The fourth-order valence-electron chi connectivity index (χ4n) is 2.05. The first kappa shape index (κ1) is 17.4. The quantitative estimate of drug-likeness (QED) is 0.748. The predicted molar refractivity (Wildman–Crippen MR) is 82.6 cm³/mol. The first-order chi connectivity index (χ1) is 9.72. The highest BCUT2D eigenvalue weighted by atomic mass is 35.5. The second-order valence-electron chi connectivity index (χ2n) is 4.64. The van der Waals surface area contributed by atoms with Crippen LogP contribution in [0, 0.1) is 5.92 Å². The van der Waals surface area contributed by atoms with E-state index in [4.69, 9.17) is 10.5 Å². The van der Waals surface area contributed by atoms with Crippen LogP contribution in [-0.4, -0.2) is 38.1 Å². The van der Waals surface area contributed by atoms with Gasteiger partial charge in [0.1, 0.15) is 0 Å². The van der Waals surface area contributed by atoms with E-state index in [9.17, 15) is 9.59 Å². The lowest BCUT2D eigenvalue weighted by Gasteiger charge is -2.13. The van der Waals surface area contributed by atoms with Gasteiger partial charge in [-0.3, -0.25) is 9.59 Å². The molecule has 0 bridgehead atoms. The normalized spacial score (nSPS) is 16.9.